The van der Waals surface area contributed by atoms with Gasteiger partial charge in [-0.3, -0.25) is 14.7 Å². The molecule has 32 heavy (non-hydrogen) atoms. The first kappa shape index (κ1) is 20.4. The lowest BCUT2D eigenvalue weighted by Gasteiger charge is -2.38. The van der Waals surface area contributed by atoms with E-state index in [4.69, 9.17) is 4.98 Å². The molecule has 1 amide bonds. The van der Waals surface area contributed by atoms with E-state index < -0.39 is 0 Å². The van der Waals surface area contributed by atoms with E-state index in [9.17, 15) is 9.18 Å². The smallest absolute Gasteiger partial charge is 0.251 e. The predicted molar refractivity (Wildman–Crippen MR) is 123 cm³/mol. The summed E-state index contributed by atoms with van der Waals surface area (Å²) in [6, 6.07) is 12.3. The lowest BCUT2D eigenvalue weighted by Crippen LogP contribution is -2.47. The maximum Gasteiger partial charge on any atom is 0.251 e. The number of amides is 1. The van der Waals surface area contributed by atoms with E-state index in [1.165, 1.54) is 6.07 Å². The highest BCUT2D eigenvalue weighted by molar-refractivity contribution is 5.97. The molecule has 1 saturated heterocycles. The van der Waals surface area contributed by atoms with Crippen LogP contribution >= 0.6 is 0 Å². The zero-order valence-electron chi connectivity index (χ0n) is 18.1. The number of piperazine rings is 1. The number of carbonyl (C=O) groups excluding carboxylic acids is 1. The molecule has 2 N–H and O–H groups in total. The SMILES string of the molecule is CNC(=O)c1ccc2nc([C@@H](C)N3CCN(c4ccnc5ccc(F)cc45)CC3)[nH]c2c1. The predicted octanol–water partition coefficient (Wildman–Crippen LogP) is 3.49. The molecule has 5 rings (SSSR count). The Kier molecular flexibility index (Phi) is 5.22. The zero-order valence-corrected chi connectivity index (χ0v) is 18.1. The highest BCUT2D eigenvalue weighted by atomic mass is 19.1. The molecule has 0 saturated carbocycles. The van der Waals surface area contributed by atoms with Crippen LogP contribution in [0.1, 0.15) is 29.1 Å². The second-order valence-electron chi connectivity index (χ2n) is 8.12. The monoisotopic (exact) mass is 432 g/mol. The molecule has 8 heteroatoms. The molecule has 1 atom stereocenters. The van der Waals surface area contributed by atoms with Crippen LogP contribution in [-0.2, 0) is 0 Å². The summed E-state index contributed by atoms with van der Waals surface area (Å²) in [5.41, 5.74) is 4.14. The van der Waals surface area contributed by atoms with Gasteiger partial charge in [-0.05, 0) is 49.4 Å². The number of aromatic amines is 1. The van der Waals surface area contributed by atoms with Crippen LogP contribution in [0.3, 0.4) is 0 Å². The van der Waals surface area contributed by atoms with Crippen LogP contribution in [0.15, 0.2) is 48.7 Å². The van der Waals surface area contributed by atoms with Crippen LogP contribution in [0.5, 0.6) is 0 Å². The van der Waals surface area contributed by atoms with E-state index in [1.807, 2.05) is 18.2 Å². The fourth-order valence-corrected chi connectivity index (χ4v) is 4.42. The first-order valence-electron chi connectivity index (χ1n) is 10.8. The Balaban J connectivity index is 1.32. The average molecular weight is 433 g/mol. The second kappa shape index (κ2) is 8.20. The van der Waals surface area contributed by atoms with Crippen LogP contribution < -0.4 is 10.2 Å². The van der Waals surface area contributed by atoms with E-state index >= 15 is 0 Å². The summed E-state index contributed by atoms with van der Waals surface area (Å²) >= 11 is 0. The fourth-order valence-electron chi connectivity index (χ4n) is 4.42. The van der Waals surface area contributed by atoms with Gasteiger partial charge in [0.25, 0.3) is 5.91 Å². The fraction of sp³-hybridized carbons (Fsp3) is 0.292. The quantitative estimate of drug-likeness (QED) is 0.516. The largest absolute Gasteiger partial charge is 0.368 e. The van der Waals surface area contributed by atoms with Crippen molar-refractivity contribution in [2.45, 2.75) is 13.0 Å². The zero-order chi connectivity index (χ0) is 22.2. The molecule has 1 fully saturated rings. The van der Waals surface area contributed by atoms with E-state index in [0.29, 0.717) is 5.56 Å². The number of hydrogen-bond donors (Lipinski definition) is 2. The van der Waals surface area contributed by atoms with E-state index in [0.717, 1.165) is 59.6 Å². The van der Waals surface area contributed by atoms with Crippen LogP contribution in [0.25, 0.3) is 21.9 Å². The molecule has 0 radical (unpaired) electrons. The molecule has 7 nitrogen and oxygen atoms in total. The summed E-state index contributed by atoms with van der Waals surface area (Å²) in [7, 11) is 1.62. The standard InChI is InChI=1S/C24H25FN6O/c1-15(23-28-20-5-3-16(24(32)26-2)13-21(20)29-23)30-9-11-31(12-10-30)22-7-8-27-19-6-4-17(25)14-18(19)22/h3-8,13-15H,9-12H2,1-2H3,(H,26,32)(H,28,29)/t15-/m1/s1. The molecule has 3 heterocycles. The summed E-state index contributed by atoms with van der Waals surface area (Å²) in [6.45, 7) is 5.54. The third kappa shape index (κ3) is 3.67. The van der Waals surface area contributed by atoms with Crippen molar-refractivity contribution in [1.82, 2.24) is 25.2 Å². The van der Waals surface area contributed by atoms with Gasteiger partial charge in [0.15, 0.2) is 0 Å². The molecule has 0 aliphatic carbocycles. The molecule has 1 aliphatic rings. The molecule has 2 aromatic heterocycles. The topological polar surface area (TPSA) is 77.2 Å². The molecule has 2 aromatic carbocycles. The lowest BCUT2D eigenvalue weighted by atomic mass is 10.1. The molecule has 1 aliphatic heterocycles. The molecule has 0 spiro atoms. The molecule has 0 bridgehead atoms. The minimum Gasteiger partial charge on any atom is -0.368 e. The summed E-state index contributed by atoms with van der Waals surface area (Å²) < 4.78 is 13.8. The van der Waals surface area contributed by atoms with Gasteiger partial charge in [-0.15, -0.1) is 0 Å². The number of rotatable bonds is 4. The third-order valence-corrected chi connectivity index (χ3v) is 6.27. The number of nitrogens with zero attached hydrogens (tertiary/aromatic N) is 4. The van der Waals surface area contributed by atoms with Crippen LogP contribution in [0.4, 0.5) is 10.1 Å². The van der Waals surface area contributed by atoms with Crippen molar-refractivity contribution in [2.75, 3.05) is 38.1 Å². The van der Waals surface area contributed by atoms with Gasteiger partial charge in [0.05, 0.1) is 22.6 Å². The van der Waals surface area contributed by atoms with Crippen molar-refractivity contribution >= 4 is 33.5 Å². The van der Waals surface area contributed by atoms with Crippen molar-refractivity contribution in [1.29, 1.82) is 0 Å². The van der Waals surface area contributed by atoms with E-state index in [1.54, 1.807) is 31.4 Å². The van der Waals surface area contributed by atoms with E-state index in [2.05, 4.69) is 32.0 Å². The van der Waals surface area contributed by atoms with Crippen LogP contribution in [0.2, 0.25) is 0 Å². The molecule has 0 unspecified atom stereocenters. The minimum absolute atomic E-state index is 0.111. The number of imidazole rings is 1. The van der Waals surface area contributed by atoms with Gasteiger partial charge in [-0.1, -0.05) is 0 Å². The number of pyridine rings is 1. The van der Waals surface area contributed by atoms with Gasteiger partial charge >= 0.3 is 0 Å². The summed E-state index contributed by atoms with van der Waals surface area (Å²) in [5, 5.41) is 3.49. The van der Waals surface area contributed by atoms with Crippen LogP contribution in [0, 0.1) is 5.82 Å². The maximum absolute atomic E-state index is 13.8. The first-order chi connectivity index (χ1) is 15.5. The maximum atomic E-state index is 13.8. The number of aromatic nitrogens is 3. The number of hydrogen-bond acceptors (Lipinski definition) is 5. The van der Waals surface area contributed by atoms with Crippen molar-refractivity contribution in [3.8, 4) is 0 Å². The Labute approximate surface area is 185 Å². The Morgan fingerprint density at radius 2 is 1.88 bits per heavy atom. The van der Waals surface area contributed by atoms with Gasteiger partial charge in [-0.2, -0.15) is 0 Å². The number of fused-ring (bicyclic) bond motifs is 2. The highest BCUT2D eigenvalue weighted by Crippen LogP contribution is 2.29. The Morgan fingerprint density at radius 1 is 1.09 bits per heavy atom. The van der Waals surface area contributed by atoms with Gasteiger partial charge < -0.3 is 15.2 Å². The third-order valence-electron chi connectivity index (χ3n) is 6.27. The Hall–Kier alpha value is -3.52. The number of carbonyl (C=O) groups is 1. The number of benzene rings is 2. The average Bonchev–Trinajstić information content (AvgIpc) is 3.26. The van der Waals surface area contributed by atoms with Crippen molar-refractivity contribution in [3.63, 3.8) is 0 Å². The molecule has 4 aromatic rings. The first-order valence-corrected chi connectivity index (χ1v) is 10.8. The Bertz CT molecular complexity index is 1290. The summed E-state index contributed by atoms with van der Waals surface area (Å²) in [4.78, 5) is 29.1. The van der Waals surface area contributed by atoms with Crippen LogP contribution in [-0.4, -0.2) is 59.0 Å². The van der Waals surface area contributed by atoms with Gasteiger partial charge in [0, 0.05) is 56.1 Å². The minimum atomic E-state index is -0.247. The number of H-pyrrole nitrogens is 1. The number of nitrogens with one attached hydrogen (secondary N) is 2. The molecular formula is C24H25FN6O. The van der Waals surface area contributed by atoms with Crippen molar-refractivity contribution in [3.05, 3.63) is 65.9 Å². The van der Waals surface area contributed by atoms with E-state index in [-0.39, 0.29) is 17.8 Å². The Morgan fingerprint density at radius 3 is 2.66 bits per heavy atom. The number of halogens is 1. The van der Waals surface area contributed by atoms with Gasteiger partial charge in [-0.25, -0.2) is 9.37 Å². The van der Waals surface area contributed by atoms with Gasteiger partial charge in [0.2, 0.25) is 0 Å². The second-order valence-corrected chi connectivity index (χ2v) is 8.12. The highest BCUT2D eigenvalue weighted by Gasteiger charge is 2.25. The molecular weight excluding hydrogens is 407 g/mol. The normalized spacial score (nSPS) is 15.9. The lowest BCUT2D eigenvalue weighted by molar-refractivity contribution is 0.0963. The van der Waals surface area contributed by atoms with Gasteiger partial charge in [0.1, 0.15) is 11.6 Å². The van der Waals surface area contributed by atoms with Crippen molar-refractivity contribution in [2.24, 2.45) is 0 Å². The summed E-state index contributed by atoms with van der Waals surface area (Å²) in [6.07, 6.45) is 1.78. The summed E-state index contributed by atoms with van der Waals surface area (Å²) in [5.74, 6) is 0.526. The van der Waals surface area contributed by atoms with Crippen molar-refractivity contribution < 1.29 is 9.18 Å². The number of anilines is 1. The molecule has 164 valence electrons.